The predicted octanol–water partition coefficient (Wildman–Crippen LogP) is 1.28. The second-order valence-electron chi connectivity index (χ2n) is 3.86. The Morgan fingerprint density at radius 1 is 1.33 bits per heavy atom. The van der Waals surface area contributed by atoms with Crippen LogP contribution < -0.4 is 5.32 Å². The highest BCUT2D eigenvalue weighted by Gasteiger charge is 2.20. The third-order valence-corrected chi connectivity index (χ3v) is 2.80. The molecule has 0 aliphatic heterocycles. The lowest BCUT2D eigenvalue weighted by atomic mass is 10.0. The number of nitrogens with one attached hydrogen (secondary N) is 1. The standard InChI is InChI=1S/C11H16BrNO2/c1-11(7-14,8-15)13-6-9-3-2-4-10(12)5-9/h2-5,13-15H,6-8H2,1H3. The minimum Gasteiger partial charge on any atom is -0.394 e. The van der Waals surface area contributed by atoms with Gasteiger partial charge in [0.1, 0.15) is 0 Å². The van der Waals surface area contributed by atoms with Gasteiger partial charge in [-0.15, -0.1) is 0 Å². The van der Waals surface area contributed by atoms with E-state index in [2.05, 4.69) is 21.2 Å². The first-order valence-corrected chi connectivity index (χ1v) is 5.60. The number of halogens is 1. The fourth-order valence-electron chi connectivity index (χ4n) is 1.12. The van der Waals surface area contributed by atoms with Gasteiger partial charge in [0, 0.05) is 11.0 Å². The Hall–Kier alpha value is -0.420. The lowest BCUT2D eigenvalue weighted by molar-refractivity contribution is 0.103. The molecule has 0 fully saturated rings. The van der Waals surface area contributed by atoms with Gasteiger partial charge in [0.15, 0.2) is 0 Å². The molecule has 15 heavy (non-hydrogen) atoms. The molecule has 0 radical (unpaired) electrons. The Kier molecular flexibility index (Phi) is 4.73. The van der Waals surface area contributed by atoms with Crippen LogP contribution in [0.3, 0.4) is 0 Å². The molecule has 0 unspecified atom stereocenters. The topological polar surface area (TPSA) is 52.5 Å². The van der Waals surface area contributed by atoms with Gasteiger partial charge >= 0.3 is 0 Å². The summed E-state index contributed by atoms with van der Waals surface area (Å²) < 4.78 is 1.02. The molecule has 4 heteroatoms. The van der Waals surface area contributed by atoms with E-state index >= 15 is 0 Å². The quantitative estimate of drug-likeness (QED) is 0.758. The van der Waals surface area contributed by atoms with Crippen molar-refractivity contribution in [3.63, 3.8) is 0 Å². The van der Waals surface area contributed by atoms with Gasteiger partial charge in [-0.1, -0.05) is 28.1 Å². The first-order valence-electron chi connectivity index (χ1n) is 4.81. The van der Waals surface area contributed by atoms with E-state index < -0.39 is 5.54 Å². The number of benzene rings is 1. The maximum Gasteiger partial charge on any atom is 0.0633 e. The van der Waals surface area contributed by atoms with Gasteiger partial charge in [0.25, 0.3) is 0 Å². The number of aliphatic hydroxyl groups excluding tert-OH is 2. The molecule has 0 spiro atoms. The monoisotopic (exact) mass is 273 g/mol. The van der Waals surface area contributed by atoms with Crippen molar-refractivity contribution in [3.05, 3.63) is 34.3 Å². The summed E-state index contributed by atoms with van der Waals surface area (Å²) in [5.74, 6) is 0. The number of hydrogen-bond donors (Lipinski definition) is 3. The third kappa shape index (κ3) is 3.91. The van der Waals surface area contributed by atoms with Crippen LogP contribution in [0.15, 0.2) is 28.7 Å². The van der Waals surface area contributed by atoms with Crippen molar-refractivity contribution in [2.45, 2.75) is 19.0 Å². The minimum atomic E-state index is -0.623. The van der Waals surface area contributed by atoms with Crippen LogP contribution in [0.25, 0.3) is 0 Å². The van der Waals surface area contributed by atoms with Crippen molar-refractivity contribution in [2.75, 3.05) is 13.2 Å². The van der Waals surface area contributed by atoms with E-state index in [0.717, 1.165) is 10.0 Å². The fourth-order valence-corrected chi connectivity index (χ4v) is 1.57. The highest BCUT2D eigenvalue weighted by atomic mass is 79.9. The molecular formula is C11H16BrNO2. The van der Waals surface area contributed by atoms with E-state index in [1.165, 1.54) is 0 Å². The highest BCUT2D eigenvalue weighted by Crippen LogP contribution is 2.12. The Labute approximate surface area is 98.3 Å². The van der Waals surface area contributed by atoms with Crippen molar-refractivity contribution in [3.8, 4) is 0 Å². The molecular weight excluding hydrogens is 258 g/mol. The fraction of sp³-hybridized carbons (Fsp3) is 0.455. The Morgan fingerprint density at radius 3 is 2.53 bits per heavy atom. The minimum absolute atomic E-state index is 0.0858. The number of hydrogen-bond acceptors (Lipinski definition) is 3. The average molecular weight is 274 g/mol. The Morgan fingerprint density at radius 2 is 2.00 bits per heavy atom. The molecule has 0 bridgehead atoms. The maximum absolute atomic E-state index is 9.09. The zero-order valence-corrected chi connectivity index (χ0v) is 10.3. The van der Waals surface area contributed by atoms with Gasteiger partial charge in [-0.05, 0) is 24.6 Å². The van der Waals surface area contributed by atoms with Crippen molar-refractivity contribution in [1.29, 1.82) is 0 Å². The summed E-state index contributed by atoms with van der Waals surface area (Å²) >= 11 is 3.39. The van der Waals surface area contributed by atoms with Crippen LogP contribution in [0.1, 0.15) is 12.5 Å². The first kappa shape index (κ1) is 12.6. The molecule has 0 aliphatic rings. The summed E-state index contributed by atoms with van der Waals surface area (Å²) in [6, 6.07) is 7.91. The predicted molar refractivity (Wildman–Crippen MR) is 63.6 cm³/mol. The summed E-state index contributed by atoms with van der Waals surface area (Å²) in [5.41, 5.74) is 0.486. The molecule has 0 saturated heterocycles. The van der Waals surface area contributed by atoms with Crippen LogP contribution in [0.2, 0.25) is 0 Å². The summed E-state index contributed by atoms with van der Waals surface area (Å²) in [6.45, 7) is 2.23. The molecule has 1 rings (SSSR count). The molecule has 0 aliphatic carbocycles. The zero-order valence-electron chi connectivity index (χ0n) is 8.70. The van der Waals surface area contributed by atoms with Crippen LogP contribution in [-0.4, -0.2) is 29.0 Å². The summed E-state index contributed by atoms with van der Waals surface area (Å²) in [7, 11) is 0. The second kappa shape index (κ2) is 5.61. The normalized spacial score (nSPS) is 11.7. The van der Waals surface area contributed by atoms with Crippen molar-refractivity contribution >= 4 is 15.9 Å². The molecule has 0 heterocycles. The Bertz CT molecular complexity index is 313. The highest BCUT2D eigenvalue weighted by molar-refractivity contribution is 9.10. The van der Waals surface area contributed by atoms with E-state index in [9.17, 15) is 0 Å². The van der Waals surface area contributed by atoms with Gasteiger partial charge in [0.2, 0.25) is 0 Å². The lowest BCUT2D eigenvalue weighted by Crippen LogP contribution is -2.48. The van der Waals surface area contributed by atoms with E-state index in [4.69, 9.17) is 10.2 Å². The van der Waals surface area contributed by atoms with Crippen molar-refractivity contribution < 1.29 is 10.2 Å². The van der Waals surface area contributed by atoms with Gasteiger partial charge in [-0.2, -0.15) is 0 Å². The van der Waals surface area contributed by atoms with Gasteiger partial charge < -0.3 is 15.5 Å². The average Bonchev–Trinajstić information content (AvgIpc) is 2.26. The van der Waals surface area contributed by atoms with E-state index in [0.29, 0.717) is 6.54 Å². The van der Waals surface area contributed by atoms with Crippen LogP contribution in [0, 0.1) is 0 Å². The van der Waals surface area contributed by atoms with E-state index in [-0.39, 0.29) is 13.2 Å². The largest absolute Gasteiger partial charge is 0.394 e. The molecule has 0 aromatic heterocycles. The first-order chi connectivity index (χ1) is 7.09. The van der Waals surface area contributed by atoms with E-state index in [1.54, 1.807) is 6.92 Å². The molecule has 0 atom stereocenters. The SMILES string of the molecule is CC(CO)(CO)NCc1cccc(Br)c1. The van der Waals surface area contributed by atoms with Crippen molar-refractivity contribution in [1.82, 2.24) is 5.32 Å². The summed E-state index contributed by atoms with van der Waals surface area (Å²) in [4.78, 5) is 0. The van der Waals surface area contributed by atoms with Gasteiger partial charge in [0.05, 0.1) is 18.8 Å². The molecule has 3 N–H and O–H groups in total. The van der Waals surface area contributed by atoms with E-state index in [1.807, 2.05) is 24.3 Å². The van der Waals surface area contributed by atoms with Crippen LogP contribution in [0.5, 0.6) is 0 Å². The molecule has 3 nitrogen and oxygen atoms in total. The maximum atomic E-state index is 9.09. The van der Waals surface area contributed by atoms with Gasteiger partial charge in [-0.3, -0.25) is 0 Å². The smallest absolute Gasteiger partial charge is 0.0633 e. The summed E-state index contributed by atoms with van der Waals surface area (Å²) in [5, 5.41) is 21.3. The summed E-state index contributed by atoms with van der Waals surface area (Å²) in [6.07, 6.45) is 0. The van der Waals surface area contributed by atoms with Crippen molar-refractivity contribution in [2.24, 2.45) is 0 Å². The molecule has 1 aromatic rings. The lowest BCUT2D eigenvalue weighted by Gasteiger charge is -2.26. The molecule has 0 saturated carbocycles. The second-order valence-corrected chi connectivity index (χ2v) is 4.78. The molecule has 84 valence electrons. The number of aliphatic hydroxyl groups is 2. The number of rotatable bonds is 5. The molecule has 1 aromatic carbocycles. The van der Waals surface area contributed by atoms with Crippen LogP contribution in [-0.2, 0) is 6.54 Å². The third-order valence-electron chi connectivity index (χ3n) is 2.31. The Balaban J connectivity index is 2.56. The van der Waals surface area contributed by atoms with Crippen LogP contribution in [0.4, 0.5) is 0 Å². The molecule has 0 amide bonds. The van der Waals surface area contributed by atoms with Gasteiger partial charge in [-0.25, -0.2) is 0 Å². The van der Waals surface area contributed by atoms with Crippen LogP contribution >= 0.6 is 15.9 Å². The zero-order chi connectivity index (χ0) is 11.3.